The van der Waals surface area contributed by atoms with Crippen LogP contribution in [0, 0.1) is 5.82 Å². The van der Waals surface area contributed by atoms with E-state index in [0.717, 1.165) is 30.4 Å². The molecule has 0 fully saturated rings. The Balaban J connectivity index is 1.71. The van der Waals surface area contributed by atoms with E-state index >= 15 is 0 Å². The van der Waals surface area contributed by atoms with Crippen LogP contribution in [0.3, 0.4) is 0 Å². The van der Waals surface area contributed by atoms with Crippen molar-refractivity contribution in [3.8, 4) is 11.1 Å². The van der Waals surface area contributed by atoms with Crippen molar-refractivity contribution in [3.05, 3.63) is 107 Å². The van der Waals surface area contributed by atoms with Crippen LogP contribution in [0.1, 0.15) is 35.6 Å². The zero-order valence-electron chi connectivity index (χ0n) is 16.7. The van der Waals surface area contributed by atoms with Gasteiger partial charge in [0.1, 0.15) is 5.82 Å². The van der Waals surface area contributed by atoms with Crippen LogP contribution in [-0.2, 0) is 12.8 Å². The molecule has 3 aromatic carbocycles. The second-order valence-corrected chi connectivity index (χ2v) is 6.81. The molecule has 3 aromatic rings. The first-order chi connectivity index (χ1) is 14.2. The third-order valence-corrected chi connectivity index (χ3v) is 4.81. The summed E-state index contributed by atoms with van der Waals surface area (Å²) in [6, 6.07) is 21.2. The standard InChI is InChI=1S/C26H25FN2/c1-3-5-8-22-9-6-7-10-24(22)19-29-28-18-21-13-16-25(26(27)17-21)23-14-11-20(4-2)12-15-23/h3,6-7,9-19H,1,4-5,8H2,2H3. The van der Waals surface area contributed by atoms with Gasteiger partial charge in [0.05, 0.1) is 12.4 Å². The van der Waals surface area contributed by atoms with Gasteiger partial charge in [-0.25, -0.2) is 4.39 Å². The fraction of sp³-hybridized carbons (Fsp3) is 0.154. The monoisotopic (exact) mass is 384 g/mol. The normalized spacial score (nSPS) is 11.4. The summed E-state index contributed by atoms with van der Waals surface area (Å²) in [5.41, 5.74) is 5.61. The Morgan fingerprint density at radius 2 is 1.69 bits per heavy atom. The quantitative estimate of drug-likeness (QED) is 0.237. The van der Waals surface area contributed by atoms with Gasteiger partial charge in [0.15, 0.2) is 0 Å². The van der Waals surface area contributed by atoms with E-state index < -0.39 is 0 Å². The SMILES string of the molecule is C=CCCc1ccccc1C=NN=Cc1ccc(-c2ccc(CC)cc2)c(F)c1. The van der Waals surface area contributed by atoms with E-state index in [-0.39, 0.29) is 5.82 Å². The molecule has 0 unspecified atom stereocenters. The fourth-order valence-electron chi connectivity index (χ4n) is 3.11. The topological polar surface area (TPSA) is 24.7 Å². The Hall–Kier alpha value is -3.33. The summed E-state index contributed by atoms with van der Waals surface area (Å²) in [5, 5.41) is 8.21. The molecule has 0 heterocycles. The van der Waals surface area contributed by atoms with Crippen molar-refractivity contribution in [2.75, 3.05) is 0 Å². The molecule has 3 heteroatoms. The second kappa shape index (κ2) is 10.3. The maximum Gasteiger partial charge on any atom is 0.131 e. The van der Waals surface area contributed by atoms with E-state index in [1.54, 1.807) is 18.5 Å². The van der Waals surface area contributed by atoms with Gasteiger partial charge in [-0.2, -0.15) is 10.2 Å². The number of hydrogen-bond acceptors (Lipinski definition) is 2. The molecule has 146 valence electrons. The molecule has 0 amide bonds. The van der Waals surface area contributed by atoms with Crippen LogP contribution in [0.5, 0.6) is 0 Å². The number of allylic oxidation sites excluding steroid dienone is 1. The minimum atomic E-state index is -0.267. The molecular weight excluding hydrogens is 359 g/mol. The lowest BCUT2D eigenvalue weighted by Gasteiger charge is -2.05. The van der Waals surface area contributed by atoms with Gasteiger partial charge < -0.3 is 0 Å². The van der Waals surface area contributed by atoms with Crippen molar-refractivity contribution >= 4 is 12.4 Å². The van der Waals surface area contributed by atoms with Crippen molar-refractivity contribution in [3.63, 3.8) is 0 Å². The highest BCUT2D eigenvalue weighted by Gasteiger charge is 2.05. The average molecular weight is 384 g/mol. The van der Waals surface area contributed by atoms with Crippen molar-refractivity contribution < 1.29 is 4.39 Å². The molecule has 0 radical (unpaired) electrons. The highest BCUT2D eigenvalue weighted by molar-refractivity contribution is 5.84. The summed E-state index contributed by atoms with van der Waals surface area (Å²) in [7, 11) is 0. The van der Waals surface area contributed by atoms with Crippen LogP contribution in [0.2, 0.25) is 0 Å². The molecule has 0 aliphatic carbocycles. The molecule has 0 N–H and O–H groups in total. The Kier molecular flexibility index (Phi) is 7.23. The van der Waals surface area contributed by atoms with Crippen LogP contribution < -0.4 is 0 Å². The van der Waals surface area contributed by atoms with Crippen LogP contribution >= 0.6 is 0 Å². The maximum atomic E-state index is 14.6. The summed E-state index contributed by atoms with van der Waals surface area (Å²) in [6.45, 7) is 5.87. The average Bonchev–Trinajstić information content (AvgIpc) is 2.76. The van der Waals surface area contributed by atoms with E-state index in [1.165, 1.54) is 17.2 Å². The molecule has 0 bridgehead atoms. The first-order valence-corrected chi connectivity index (χ1v) is 9.85. The number of halogens is 1. The van der Waals surface area contributed by atoms with E-state index in [2.05, 4.69) is 29.8 Å². The van der Waals surface area contributed by atoms with Gasteiger partial charge in [0.2, 0.25) is 0 Å². The van der Waals surface area contributed by atoms with Crippen LogP contribution in [0.4, 0.5) is 4.39 Å². The van der Waals surface area contributed by atoms with Crippen molar-refractivity contribution in [2.24, 2.45) is 10.2 Å². The third-order valence-electron chi connectivity index (χ3n) is 4.81. The van der Waals surface area contributed by atoms with Crippen LogP contribution in [-0.4, -0.2) is 12.4 Å². The Bertz CT molecular complexity index is 1020. The van der Waals surface area contributed by atoms with Crippen molar-refractivity contribution in [1.29, 1.82) is 0 Å². The number of hydrogen-bond donors (Lipinski definition) is 0. The van der Waals surface area contributed by atoms with E-state index in [4.69, 9.17) is 0 Å². The van der Waals surface area contributed by atoms with Gasteiger partial charge in [-0.1, -0.05) is 73.7 Å². The zero-order chi connectivity index (χ0) is 20.5. The summed E-state index contributed by atoms with van der Waals surface area (Å²) in [5.74, 6) is -0.267. The van der Waals surface area contributed by atoms with Gasteiger partial charge >= 0.3 is 0 Å². The van der Waals surface area contributed by atoms with Gasteiger partial charge in [-0.15, -0.1) is 6.58 Å². The second-order valence-electron chi connectivity index (χ2n) is 6.81. The van der Waals surface area contributed by atoms with Crippen molar-refractivity contribution in [2.45, 2.75) is 26.2 Å². The number of rotatable bonds is 8. The number of nitrogens with zero attached hydrogens (tertiary/aromatic N) is 2. The summed E-state index contributed by atoms with van der Waals surface area (Å²) < 4.78 is 14.6. The predicted molar refractivity (Wildman–Crippen MR) is 121 cm³/mol. The highest BCUT2D eigenvalue weighted by Crippen LogP contribution is 2.24. The molecule has 0 aromatic heterocycles. The van der Waals surface area contributed by atoms with E-state index in [0.29, 0.717) is 11.1 Å². The van der Waals surface area contributed by atoms with Gasteiger partial charge in [-0.05, 0) is 53.1 Å². The highest BCUT2D eigenvalue weighted by atomic mass is 19.1. The molecule has 0 saturated carbocycles. The molecule has 29 heavy (non-hydrogen) atoms. The van der Waals surface area contributed by atoms with E-state index in [1.807, 2.05) is 54.6 Å². The van der Waals surface area contributed by atoms with Gasteiger partial charge in [0, 0.05) is 5.56 Å². The lowest BCUT2D eigenvalue weighted by atomic mass is 10.0. The Labute approximate surface area is 172 Å². The maximum absolute atomic E-state index is 14.6. The summed E-state index contributed by atoms with van der Waals surface area (Å²) in [4.78, 5) is 0. The Morgan fingerprint density at radius 1 is 0.931 bits per heavy atom. The minimum absolute atomic E-state index is 0.267. The third kappa shape index (κ3) is 5.58. The molecule has 0 atom stereocenters. The van der Waals surface area contributed by atoms with Crippen LogP contribution in [0.15, 0.2) is 89.6 Å². The molecule has 0 saturated heterocycles. The van der Waals surface area contributed by atoms with Gasteiger partial charge in [-0.3, -0.25) is 0 Å². The molecule has 2 nitrogen and oxygen atoms in total. The van der Waals surface area contributed by atoms with Crippen LogP contribution in [0.25, 0.3) is 11.1 Å². The molecule has 0 spiro atoms. The minimum Gasteiger partial charge on any atom is -0.206 e. The lowest BCUT2D eigenvalue weighted by Crippen LogP contribution is -1.92. The van der Waals surface area contributed by atoms with Crippen molar-refractivity contribution in [1.82, 2.24) is 0 Å². The molecule has 0 aliphatic rings. The lowest BCUT2D eigenvalue weighted by molar-refractivity contribution is 0.631. The molecule has 0 aliphatic heterocycles. The molecular formula is C26H25FN2. The summed E-state index contributed by atoms with van der Waals surface area (Å²) >= 11 is 0. The largest absolute Gasteiger partial charge is 0.206 e. The summed E-state index contributed by atoms with van der Waals surface area (Å²) in [6.07, 6.45) is 8.01. The fourth-order valence-corrected chi connectivity index (χ4v) is 3.11. The first kappa shape index (κ1) is 20.4. The Morgan fingerprint density at radius 3 is 2.41 bits per heavy atom. The molecule has 3 rings (SSSR count). The number of aryl methyl sites for hydroxylation is 2. The van der Waals surface area contributed by atoms with Gasteiger partial charge in [0.25, 0.3) is 0 Å². The smallest absolute Gasteiger partial charge is 0.131 e. The van der Waals surface area contributed by atoms with E-state index in [9.17, 15) is 4.39 Å². The first-order valence-electron chi connectivity index (χ1n) is 9.85. The number of benzene rings is 3. The zero-order valence-corrected chi connectivity index (χ0v) is 16.7. The predicted octanol–water partition coefficient (Wildman–Crippen LogP) is 6.63.